The van der Waals surface area contributed by atoms with Crippen molar-refractivity contribution < 1.29 is 14.4 Å². The Morgan fingerprint density at radius 2 is 1.76 bits per heavy atom. The maximum Gasteiger partial charge on any atom is 0.254 e. The second-order valence-corrected chi connectivity index (χ2v) is 3.25. The van der Waals surface area contributed by atoms with Gasteiger partial charge in [0.1, 0.15) is 0 Å². The maximum atomic E-state index is 11.2. The zero-order valence-corrected chi connectivity index (χ0v) is 8.90. The zero-order valence-electron chi connectivity index (χ0n) is 8.90. The van der Waals surface area contributed by atoms with Crippen molar-refractivity contribution in [1.29, 1.82) is 5.41 Å². The highest BCUT2D eigenvalue weighted by atomic mass is 16.2. The number of benzene rings is 1. The fraction of sp³-hybridized carbons (Fsp3) is 0.0833. The molecule has 5 heteroatoms. The van der Waals surface area contributed by atoms with Crippen LogP contribution in [0.4, 0.5) is 0 Å². The predicted molar refractivity (Wildman–Crippen MR) is 59.8 cm³/mol. The van der Waals surface area contributed by atoms with Crippen LogP contribution in [0.15, 0.2) is 42.0 Å². The lowest BCUT2D eigenvalue weighted by Crippen LogP contribution is -2.22. The monoisotopic (exact) mass is 230 g/mol. The van der Waals surface area contributed by atoms with Crippen LogP contribution < -0.4 is 5.32 Å². The summed E-state index contributed by atoms with van der Waals surface area (Å²) in [4.78, 5) is 30.4. The molecule has 0 atom stereocenters. The van der Waals surface area contributed by atoms with Crippen LogP contribution >= 0.6 is 0 Å². The van der Waals surface area contributed by atoms with E-state index in [0.29, 0.717) is 12.0 Å². The molecular weight excluding hydrogens is 220 g/mol. The molecule has 0 bridgehead atoms. The van der Waals surface area contributed by atoms with Gasteiger partial charge in [0.05, 0.1) is 0 Å². The Kier molecular flexibility index (Phi) is 4.54. The van der Waals surface area contributed by atoms with Crippen LogP contribution in [-0.2, 0) is 20.8 Å². The summed E-state index contributed by atoms with van der Waals surface area (Å²) in [5.41, 5.74) is 1.56. The SMILES string of the molecule is N=C=O.O=C1C=C(Cc2ccccc2)C(=O)N1. The first-order valence-electron chi connectivity index (χ1n) is 4.81. The molecule has 2 amide bonds. The van der Waals surface area contributed by atoms with Crippen LogP contribution in [-0.4, -0.2) is 17.9 Å². The molecule has 0 aromatic heterocycles. The number of imide groups is 1. The number of hydrogen-bond donors (Lipinski definition) is 2. The summed E-state index contributed by atoms with van der Waals surface area (Å²) >= 11 is 0. The van der Waals surface area contributed by atoms with Gasteiger partial charge in [-0.3, -0.25) is 14.9 Å². The van der Waals surface area contributed by atoms with Crippen molar-refractivity contribution in [3.63, 3.8) is 0 Å². The molecule has 0 saturated carbocycles. The molecule has 0 saturated heterocycles. The van der Waals surface area contributed by atoms with Gasteiger partial charge in [-0.25, -0.2) is 10.2 Å². The smallest absolute Gasteiger partial charge is 0.254 e. The molecule has 1 heterocycles. The Labute approximate surface area is 97.7 Å². The summed E-state index contributed by atoms with van der Waals surface area (Å²) < 4.78 is 0. The van der Waals surface area contributed by atoms with E-state index in [4.69, 9.17) is 10.2 Å². The maximum absolute atomic E-state index is 11.2. The minimum Gasteiger partial charge on any atom is -0.289 e. The molecule has 17 heavy (non-hydrogen) atoms. The highest BCUT2D eigenvalue weighted by Gasteiger charge is 2.20. The molecule has 0 fully saturated rings. The first-order valence-corrected chi connectivity index (χ1v) is 4.81. The third kappa shape index (κ3) is 3.85. The van der Waals surface area contributed by atoms with Crippen molar-refractivity contribution in [2.45, 2.75) is 6.42 Å². The van der Waals surface area contributed by atoms with E-state index in [9.17, 15) is 9.59 Å². The predicted octanol–water partition coefficient (Wildman–Crippen LogP) is 0.713. The van der Waals surface area contributed by atoms with Crippen molar-refractivity contribution in [3.05, 3.63) is 47.5 Å². The number of rotatable bonds is 2. The molecule has 0 aliphatic carbocycles. The molecule has 0 unspecified atom stereocenters. The fourth-order valence-electron chi connectivity index (χ4n) is 1.40. The Bertz CT molecular complexity index is 486. The molecule has 0 radical (unpaired) electrons. The van der Waals surface area contributed by atoms with E-state index < -0.39 is 0 Å². The first-order chi connectivity index (χ1) is 8.17. The van der Waals surface area contributed by atoms with Crippen molar-refractivity contribution in [2.75, 3.05) is 0 Å². The van der Waals surface area contributed by atoms with Gasteiger partial charge in [0.15, 0.2) is 0 Å². The van der Waals surface area contributed by atoms with E-state index >= 15 is 0 Å². The fourth-order valence-corrected chi connectivity index (χ4v) is 1.40. The van der Waals surface area contributed by atoms with Gasteiger partial charge in [-0.15, -0.1) is 0 Å². The highest BCUT2D eigenvalue weighted by molar-refractivity contribution is 6.16. The van der Waals surface area contributed by atoms with Crippen LogP contribution in [0.5, 0.6) is 0 Å². The van der Waals surface area contributed by atoms with Gasteiger partial charge in [-0.1, -0.05) is 30.3 Å². The van der Waals surface area contributed by atoms with Gasteiger partial charge in [-0.05, 0) is 5.56 Å². The van der Waals surface area contributed by atoms with Crippen LogP contribution in [0.3, 0.4) is 0 Å². The summed E-state index contributed by atoms with van der Waals surface area (Å²) in [6.45, 7) is 0. The van der Waals surface area contributed by atoms with Gasteiger partial charge >= 0.3 is 0 Å². The van der Waals surface area contributed by atoms with Gasteiger partial charge < -0.3 is 0 Å². The largest absolute Gasteiger partial charge is 0.289 e. The molecular formula is C12H10N2O3. The molecule has 0 spiro atoms. The average Bonchev–Trinajstić information content (AvgIpc) is 2.60. The zero-order chi connectivity index (χ0) is 12.7. The standard InChI is InChI=1S/C11H9NO2.CHNO/c13-10-7-9(11(14)12-10)6-8-4-2-1-3-5-8;2-1-3/h1-5,7H,6H2,(H,12,13,14);2H. The summed E-state index contributed by atoms with van der Waals surface area (Å²) in [7, 11) is 0. The van der Waals surface area contributed by atoms with E-state index in [1.807, 2.05) is 30.3 Å². The minimum absolute atomic E-state index is 0.279. The second-order valence-electron chi connectivity index (χ2n) is 3.25. The van der Waals surface area contributed by atoms with E-state index in [-0.39, 0.29) is 11.8 Å². The third-order valence-electron chi connectivity index (χ3n) is 2.07. The van der Waals surface area contributed by atoms with Gasteiger partial charge in [0, 0.05) is 18.1 Å². The van der Waals surface area contributed by atoms with Crippen molar-refractivity contribution in [2.24, 2.45) is 0 Å². The molecule has 86 valence electrons. The third-order valence-corrected chi connectivity index (χ3v) is 2.07. The molecule has 1 aromatic carbocycles. The number of nitrogens with one attached hydrogen (secondary N) is 2. The van der Waals surface area contributed by atoms with E-state index in [1.165, 1.54) is 6.08 Å². The molecule has 5 nitrogen and oxygen atoms in total. The number of hydrogen-bond acceptors (Lipinski definition) is 4. The van der Waals surface area contributed by atoms with E-state index in [0.717, 1.165) is 11.6 Å². The highest BCUT2D eigenvalue weighted by Crippen LogP contribution is 2.10. The van der Waals surface area contributed by atoms with Crippen LogP contribution in [0.2, 0.25) is 0 Å². The molecule has 1 aromatic rings. The Balaban J connectivity index is 0.000000437. The lowest BCUT2D eigenvalue weighted by Gasteiger charge is -1.99. The number of carbonyl (C=O) groups excluding carboxylic acids is 3. The normalized spacial score (nSPS) is 13.1. The topological polar surface area (TPSA) is 87.1 Å². The van der Waals surface area contributed by atoms with Gasteiger partial charge in [-0.2, -0.15) is 0 Å². The Morgan fingerprint density at radius 3 is 2.24 bits per heavy atom. The molecule has 2 rings (SSSR count). The van der Waals surface area contributed by atoms with Crippen molar-refractivity contribution >= 4 is 17.9 Å². The average molecular weight is 230 g/mol. The second kappa shape index (κ2) is 6.15. The summed E-state index contributed by atoms with van der Waals surface area (Å²) in [6, 6.07) is 9.58. The van der Waals surface area contributed by atoms with Gasteiger partial charge in [0.2, 0.25) is 6.08 Å². The number of carbonyl (C=O) groups is 2. The van der Waals surface area contributed by atoms with Crippen LogP contribution in [0.25, 0.3) is 0 Å². The van der Waals surface area contributed by atoms with Crippen LogP contribution in [0, 0.1) is 5.41 Å². The molecule has 1 aliphatic heterocycles. The lowest BCUT2D eigenvalue weighted by atomic mass is 10.1. The molecule has 2 N–H and O–H groups in total. The van der Waals surface area contributed by atoms with Gasteiger partial charge in [0.25, 0.3) is 11.8 Å². The van der Waals surface area contributed by atoms with Crippen LogP contribution in [0.1, 0.15) is 5.56 Å². The molecule has 1 aliphatic rings. The first kappa shape index (κ1) is 12.5. The Hall–Kier alpha value is -2.52. The lowest BCUT2D eigenvalue weighted by molar-refractivity contribution is -0.123. The number of amides is 2. The van der Waals surface area contributed by atoms with Crippen molar-refractivity contribution in [1.82, 2.24) is 5.32 Å². The van der Waals surface area contributed by atoms with E-state index in [1.54, 1.807) is 0 Å². The number of isocyanates is 1. The quantitative estimate of drug-likeness (QED) is 0.445. The van der Waals surface area contributed by atoms with E-state index in [2.05, 4.69) is 5.32 Å². The Morgan fingerprint density at radius 1 is 1.18 bits per heavy atom. The summed E-state index contributed by atoms with van der Waals surface area (Å²) in [6.07, 6.45) is 2.62. The van der Waals surface area contributed by atoms with Crippen molar-refractivity contribution in [3.8, 4) is 0 Å². The minimum atomic E-state index is -0.319. The summed E-state index contributed by atoms with van der Waals surface area (Å²) in [5.74, 6) is -0.597. The summed E-state index contributed by atoms with van der Waals surface area (Å²) in [5, 5.41) is 7.62.